The van der Waals surface area contributed by atoms with E-state index in [0.29, 0.717) is 19.4 Å². The van der Waals surface area contributed by atoms with Crippen molar-refractivity contribution < 1.29 is 14.3 Å². The van der Waals surface area contributed by atoms with Crippen molar-refractivity contribution in [3.63, 3.8) is 0 Å². The summed E-state index contributed by atoms with van der Waals surface area (Å²) >= 11 is 0. The van der Waals surface area contributed by atoms with Gasteiger partial charge in [0, 0.05) is 13.2 Å². The maximum Gasteiger partial charge on any atom is 0.237 e. The Balaban J connectivity index is 2.33. The second-order valence-corrected chi connectivity index (χ2v) is 4.16. The molecule has 0 heterocycles. The van der Waals surface area contributed by atoms with E-state index >= 15 is 0 Å². The molecule has 0 aliphatic carbocycles. The zero-order valence-electron chi connectivity index (χ0n) is 10.2. The van der Waals surface area contributed by atoms with Crippen LogP contribution in [0.25, 0.3) is 0 Å². The van der Waals surface area contributed by atoms with Crippen molar-refractivity contribution >= 4 is 5.91 Å². The number of halogens is 1. The summed E-state index contributed by atoms with van der Waals surface area (Å²) in [4.78, 5) is 11.6. The minimum absolute atomic E-state index is 0.123. The van der Waals surface area contributed by atoms with Crippen molar-refractivity contribution in [3.05, 3.63) is 35.6 Å². The van der Waals surface area contributed by atoms with Gasteiger partial charge in [0.1, 0.15) is 5.82 Å². The molecule has 1 aromatic carbocycles. The van der Waals surface area contributed by atoms with E-state index in [1.165, 1.54) is 12.1 Å². The molecule has 0 spiro atoms. The molecule has 18 heavy (non-hydrogen) atoms. The lowest BCUT2D eigenvalue weighted by Gasteiger charge is -2.12. The number of aliphatic hydroxyl groups is 1. The van der Waals surface area contributed by atoms with Gasteiger partial charge in [-0.25, -0.2) is 4.39 Å². The molecule has 1 atom stereocenters. The van der Waals surface area contributed by atoms with Crippen molar-refractivity contribution in [1.82, 2.24) is 5.32 Å². The van der Waals surface area contributed by atoms with Crippen molar-refractivity contribution in [3.8, 4) is 0 Å². The predicted molar refractivity (Wildman–Crippen MR) is 67.4 cm³/mol. The number of hydrogen-bond donors (Lipinski definition) is 3. The zero-order chi connectivity index (χ0) is 13.4. The molecule has 4 N–H and O–H groups in total. The summed E-state index contributed by atoms with van der Waals surface area (Å²) in [5.41, 5.74) is 6.58. The van der Waals surface area contributed by atoms with Gasteiger partial charge >= 0.3 is 0 Å². The van der Waals surface area contributed by atoms with Gasteiger partial charge in [-0.1, -0.05) is 12.1 Å². The van der Waals surface area contributed by atoms with E-state index in [2.05, 4.69) is 5.32 Å². The molecule has 0 aliphatic heterocycles. The molecule has 1 unspecified atom stereocenters. The number of aliphatic hydroxyl groups excluding tert-OH is 1. The average molecular weight is 254 g/mol. The fraction of sp³-hybridized carbons (Fsp3) is 0.462. The lowest BCUT2D eigenvalue weighted by molar-refractivity contribution is -0.122. The van der Waals surface area contributed by atoms with Crippen LogP contribution in [0.3, 0.4) is 0 Å². The molecule has 0 aromatic heterocycles. The first-order valence-corrected chi connectivity index (χ1v) is 6.02. The largest absolute Gasteiger partial charge is 0.396 e. The van der Waals surface area contributed by atoms with E-state index < -0.39 is 6.04 Å². The van der Waals surface area contributed by atoms with Gasteiger partial charge in [0.2, 0.25) is 5.91 Å². The molecule has 0 radical (unpaired) electrons. The molecule has 0 saturated carbocycles. The second-order valence-electron chi connectivity index (χ2n) is 4.16. The summed E-state index contributed by atoms with van der Waals surface area (Å²) in [6.07, 6.45) is 1.77. The number of benzene rings is 1. The third-order valence-electron chi connectivity index (χ3n) is 2.59. The van der Waals surface area contributed by atoms with Gasteiger partial charge in [0.15, 0.2) is 0 Å². The maximum absolute atomic E-state index is 12.7. The van der Waals surface area contributed by atoms with Gasteiger partial charge in [-0.3, -0.25) is 4.79 Å². The van der Waals surface area contributed by atoms with E-state index in [-0.39, 0.29) is 18.3 Å². The molecule has 5 heteroatoms. The van der Waals surface area contributed by atoms with Gasteiger partial charge in [-0.2, -0.15) is 0 Å². The summed E-state index contributed by atoms with van der Waals surface area (Å²) in [5, 5.41) is 11.3. The highest BCUT2D eigenvalue weighted by Crippen LogP contribution is 2.05. The second kappa shape index (κ2) is 7.79. The van der Waals surface area contributed by atoms with Crippen LogP contribution in [0.4, 0.5) is 4.39 Å². The molecule has 0 aliphatic rings. The van der Waals surface area contributed by atoms with E-state index in [4.69, 9.17) is 10.8 Å². The minimum Gasteiger partial charge on any atom is -0.396 e. The van der Waals surface area contributed by atoms with E-state index in [1.54, 1.807) is 12.1 Å². The quantitative estimate of drug-likeness (QED) is 0.623. The van der Waals surface area contributed by atoms with E-state index in [1.807, 2.05) is 0 Å². The van der Waals surface area contributed by atoms with Crippen molar-refractivity contribution in [2.75, 3.05) is 13.2 Å². The number of carbonyl (C=O) groups excluding carboxylic acids is 1. The first kappa shape index (κ1) is 14.6. The first-order chi connectivity index (χ1) is 8.63. The van der Waals surface area contributed by atoms with Crippen LogP contribution in [0.5, 0.6) is 0 Å². The van der Waals surface area contributed by atoms with E-state index in [9.17, 15) is 9.18 Å². The molecule has 1 amide bonds. The third kappa shape index (κ3) is 5.25. The summed E-state index contributed by atoms with van der Waals surface area (Å²) in [5.74, 6) is -0.530. The Hall–Kier alpha value is -1.46. The van der Waals surface area contributed by atoms with Crippen molar-refractivity contribution in [2.24, 2.45) is 5.73 Å². The molecule has 1 aromatic rings. The van der Waals surface area contributed by atoms with Gasteiger partial charge < -0.3 is 16.2 Å². The Bertz CT molecular complexity index is 368. The Morgan fingerprint density at radius 3 is 2.61 bits per heavy atom. The van der Waals surface area contributed by atoms with Crippen LogP contribution in [-0.4, -0.2) is 30.2 Å². The number of amides is 1. The Morgan fingerprint density at radius 1 is 1.33 bits per heavy atom. The van der Waals surface area contributed by atoms with Crippen LogP contribution < -0.4 is 11.1 Å². The highest BCUT2D eigenvalue weighted by molar-refractivity contribution is 5.81. The minimum atomic E-state index is -0.635. The van der Waals surface area contributed by atoms with Gasteiger partial charge in [-0.05, 0) is 37.0 Å². The number of nitrogens with one attached hydrogen (secondary N) is 1. The Morgan fingerprint density at radius 2 is 2.00 bits per heavy atom. The van der Waals surface area contributed by atoms with Crippen LogP contribution in [0, 0.1) is 5.82 Å². The topological polar surface area (TPSA) is 75.4 Å². The molecule has 1 rings (SSSR count). The molecular formula is C13H19FN2O2. The van der Waals surface area contributed by atoms with Crippen LogP contribution in [-0.2, 0) is 11.2 Å². The standard InChI is InChI=1S/C13H19FN2O2/c14-11-5-3-10(4-6-11)9-12(15)13(18)16-7-1-2-8-17/h3-6,12,17H,1-2,7-9,15H2,(H,16,18). The number of hydrogen-bond acceptors (Lipinski definition) is 3. The molecule has 0 fully saturated rings. The van der Waals surface area contributed by atoms with Crippen molar-refractivity contribution in [2.45, 2.75) is 25.3 Å². The van der Waals surface area contributed by atoms with Crippen molar-refractivity contribution in [1.29, 1.82) is 0 Å². The van der Waals surface area contributed by atoms with Gasteiger partial charge in [-0.15, -0.1) is 0 Å². The lowest BCUT2D eigenvalue weighted by Crippen LogP contribution is -2.42. The number of nitrogens with two attached hydrogens (primary N) is 1. The SMILES string of the molecule is NC(Cc1ccc(F)cc1)C(=O)NCCCCO. The molecule has 4 nitrogen and oxygen atoms in total. The summed E-state index contributed by atoms with van der Waals surface area (Å²) in [6.45, 7) is 0.633. The number of unbranched alkanes of at least 4 members (excludes halogenated alkanes) is 1. The summed E-state index contributed by atoms with van der Waals surface area (Å²) < 4.78 is 12.7. The Kier molecular flexibility index (Phi) is 6.32. The third-order valence-corrected chi connectivity index (χ3v) is 2.59. The Labute approximate surface area is 106 Å². The van der Waals surface area contributed by atoms with Crippen LogP contribution in [0.1, 0.15) is 18.4 Å². The number of rotatable bonds is 7. The fourth-order valence-electron chi connectivity index (χ4n) is 1.55. The summed E-state index contributed by atoms with van der Waals surface area (Å²) in [6, 6.07) is 5.30. The maximum atomic E-state index is 12.7. The predicted octanol–water partition coefficient (Wildman–Crippen LogP) is 0.584. The zero-order valence-corrected chi connectivity index (χ0v) is 10.2. The van der Waals surface area contributed by atoms with Crippen LogP contribution in [0.2, 0.25) is 0 Å². The molecular weight excluding hydrogens is 235 g/mol. The smallest absolute Gasteiger partial charge is 0.237 e. The van der Waals surface area contributed by atoms with E-state index in [0.717, 1.165) is 12.0 Å². The molecule has 0 saturated heterocycles. The molecule has 0 bridgehead atoms. The van der Waals surface area contributed by atoms with Gasteiger partial charge in [0.05, 0.1) is 6.04 Å². The normalized spacial score (nSPS) is 12.2. The average Bonchev–Trinajstić information content (AvgIpc) is 2.37. The molecule has 100 valence electrons. The van der Waals surface area contributed by atoms with Crippen LogP contribution >= 0.6 is 0 Å². The van der Waals surface area contributed by atoms with Gasteiger partial charge in [0.25, 0.3) is 0 Å². The monoisotopic (exact) mass is 254 g/mol. The first-order valence-electron chi connectivity index (χ1n) is 6.02. The highest BCUT2D eigenvalue weighted by atomic mass is 19.1. The fourth-order valence-corrected chi connectivity index (χ4v) is 1.55. The lowest BCUT2D eigenvalue weighted by atomic mass is 10.1. The van der Waals surface area contributed by atoms with Crippen LogP contribution in [0.15, 0.2) is 24.3 Å². The number of carbonyl (C=O) groups is 1. The highest BCUT2D eigenvalue weighted by Gasteiger charge is 2.13. The summed E-state index contributed by atoms with van der Waals surface area (Å²) in [7, 11) is 0.